The summed E-state index contributed by atoms with van der Waals surface area (Å²) >= 11 is 7.30. The molecule has 3 N–H and O–H groups in total. The summed E-state index contributed by atoms with van der Waals surface area (Å²) in [5.74, 6) is 0.937. The van der Waals surface area contributed by atoms with Crippen LogP contribution >= 0.6 is 23.4 Å². The summed E-state index contributed by atoms with van der Waals surface area (Å²) < 4.78 is 16.1. The number of hydrogen-bond donors (Lipinski definition) is 3. The van der Waals surface area contributed by atoms with E-state index in [-0.39, 0.29) is 11.5 Å². The zero-order chi connectivity index (χ0) is 23.3. The second-order valence-corrected chi connectivity index (χ2v) is 8.33. The third kappa shape index (κ3) is 5.21. The number of carbonyl (C=O) groups excluding carboxylic acids is 1. The van der Waals surface area contributed by atoms with Gasteiger partial charge in [-0.3, -0.25) is 4.79 Å². The van der Waals surface area contributed by atoms with Gasteiger partial charge in [0.2, 0.25) is 5.75 Å². The summed E-state index contributed by atoms with van der Waals surface area (Å²) in [6.07, 6.45) is 2.55. The van der Waals surface area contributed by atoms with Crippen molar-refractivity contribution < 1.29 is 29.2 Å². The topological polar surface area (TPSA) is 101 Å². The van der Waals surface area contributed by atoms with Crippen LogP contribution in [0.1, 0.15) is 15.9 Å². The fraction of sp³-hybridized carbons (Fsp3) is 0.261. The van der Waals surface area contributed by atoms with Crippen LogP contribution in [0.5, 0.6) is 17.2 Å². The molecule has 1 heterocycles. The van der Waals surface area contributed by atoms with Gasteiger partial charge in [0.05, 0.1) is 38.9 Å². The molecule has 1 unspecified atom stereocenters. The van der Waals surface area contributed by atoms with Gasteiger partial charge in [0.1, 0.15) is 0 Å². The van der Waals surface area contributed by atoms with Crippen molar-refractivity contribution >= 4 is 46.1 Å². The fourth-order valence-corrected chi connectivity index (χ4v) is 4.25. The van der Waals surface area contributed by atoms with Gasteiger partial charge in [-0.15, -0.1) is 11.8 Å². The van der Waals surface area contributed by atoms with Crippen molar-refractivity contribution in [1.29, 1.82) is 0 Å². The number of halogens is 1. The van der Waals surface area contributed by atoms with Gasteiger partial charge in [-0.25, -0.2) is 0 Å². The molecule has 3 aromatic rings. The SMILES string of the molecule is COc1cc(C(=O)C(=Cc2c[nH]c3ccc(Cl)cc23)SCC(O)CO)cc(OC)c1OC. The fourth-order valence-electron chi connectivity index (χ4n) is 3.14. The van der Waals surface area contributed by atoms with Gasteiger partial charge < -0.3 is 29.4 Å². The number of carbonyl (C=O) groups is 1. The highest BCUT2D eigenvalue weighted by Gasteiger charge is 2.21. The lowest BCUT2D eigenvalue weighted by molar-refractivity contribution is 0.104. The van der Waals surface area contributed by atoms with Gasteiger partial charge in [0.15, 0.2) is 17.3 Å². The van der Waals surface area contributed by atoms with Gasteiger partial charge in [0.25, 0.3) is 0 Å². The van der Waals surface area contributed by atoms with Crippen LogP contribution in [0.25, 0.3) is 17.0 Å². The monoisotopic (exact) mass is 477 g/mol. The van der Waals surface area contributed by atoms with E-state index < -0.39 is 12.7 Å². The lowest BCUT2D eigenvalue weighted by Gasteiger charge is -2.15. The Bertz CT molecular complexity index is 1120. The van der Waals surface area contributed by atoms with Crippen molar-refractivity contribution in [3.05, 3.63) is 57.6 Å². The molecule has 1 aromatic heterocycles. The molecule has 0 aliphatic rings. The Morgan fingerprint density at radius 3 is 2.44 bits per heavy atom. The van der Waals surface area contributed by atoms with Crippen molar-refractivity contribution in [3.63, 3.8) is 0 Å². The average Bonchev–Trinajstić information content (AvgIpc) is 3.21. The first-order valence-electron chi connectivity index (χ1n) is 9.66. The number of ketones is 1. The summed E-state index contributed by atoms with van der Waals surface area (Å²) in [6.45, 7) is -0.401. The summed E-state index contributed by atoms with van der Waals surface area (Å²) in [6, 6.07) is 8.61. The van der Waals surface area contributed by atoms with Crippen LogP contribution in [0.15, 0.2) is 41.4 Å². The van der Waals surface area contributed by atoms with Crippen LogP contribution in [0.3, 0.4) is 0 Å². The lowest BCUT2D eigenvalue weighted by Crippen LogP contribution is -2.16. The molecule has 3 rings (SSSR count). The number of aromatic nitrogens is 1. The molecule has 170 valence electrons. The van der Waals surface area contributed by atoms with E-state index in [2.05, 4.69) is 4.98 Å². The molecule has 2 aromatic carbocycles. The Kier molecular flexibility index (Phi) is 8.09. The summed E-state index contributed by atoms with van der Waals surface area (Å²) in [4.78, 5) is 17.0. The highest BCUT2D eigenvalue weighted by molar-refractivity contribution is 8.04. The Balaban J connectivity index is 2.08. The number of allylic oxidation sites excluding steroid dienone is 1. The van der Waals surface area contributed by atoms with Crippen LogP contribution in [0, 0.1) is 0 Å². The van der Waals surface area contributed by atoms with E-state index >= 15 is 0 Å². The number of H-pyrrole nitrogens is 1. The first kappa shape index (κ1) is 24.0. The van der Waals surface area contributed by atoms with E-state index in [0.29, 0.717) is 32.7 Å². The second kappa shape index (κ2) is 10.8. The second-order valence-electron chi connectivity index (χ2n) is 6.83. The van der Waals surface area contributed by atoms with Crippen LogP contribution < -0.4 is 14.2 Å². The quantitative estimate of drug-likeness (QED) is 0.298. The lowest BCUT2D eigenvalue weighted by atomic mass is 10.1. The van der Waals surface area contributed by atoms with E-state index in [4.69, 9.17) is 25.8 Å². The molecule has 1 atom stereocenters. The Morgan fingerprint density at radius 1 is 1.16 bits per heavy atom. The number of hydrogen-bond acceptors (Lipinski definition) is 7. The van der Waals surface area contributed by atoms with E-state index in [1.54, 1.807) is 30.5 Å². The number of Topliss-reactive ketones (excluding diaryl/α,β-unsaturated/α-hetero) is 1. The number of nitrogens with one attached hydrogen (secondary N) is 1. The highest BCUT2D eigenvalue weighted by atomic mass is 35.5. The van der Waals surface area contributed by atoms with E-state index in [1.807, 2.05) is 12.1 Å². The summed E-state index contributed by atoms with van der Waals surface area (Å²) in [7, 11) is 4.44. The predicted molar refractivity (Wildman–Crippen MR) is 127 cm³/mol. The van der Waals surface area contributed by atoms with Crippen LogP contribution in [-0.4, -0.2) is 60.8 Å². The summed E-state index contributed by atoms with van der Waals surface area (Å²) in [5.41, 5.74) is 1.97. The number of aliphatic hydroxyl groups is 2. The van der Waals surface area contributed by atoms with Crippen molar-refractivity contribution in [2.24, 2.45) is 0 Å². The van der Waals surface area contributed by atoms with E-state index in [1.165, 1.54) is 21.3 Å². The molecule has 0 bridgehead atoms. The van der Waals surface area contributed by atoms with Crippen LogP contribution in [0.4, 0.5) is 0 Å². The standard InChI is InChI=1S/C23H24ClNO6S/c1-29-19-6-13(7-20(30-2)23(19)31-3)22(28)21(32-12-16(27)11-26)8-14-10-25-18-5-4-15(24)9-17(14)18/h4-10,16,25-27H,11-12H2,1-3H3. The number of ether oxygens (including phenoxy) is 3. The molecular weight excluding hydrogens is 454 g/mol. The van der Waals surface area contributed by atoms with Gasteiger partial charge in [-0.1, -0.05) is 11.6 Å². The molecule has 0 aliphatic carbocycles. The predicted octanol–water partition coefficient (Wildman–Crippen LogP) is 4.16. The number of rotatable bonds is 10. The Morgan fingerprint density at radius 2 is 1.84 bits per heavy atom. The Hall–Kier alpha value is -2.65. The average molecular weight is 478 g/mol. The van der Waals surface area contributed by atoms with Gasteiger partial charge in [0, 0.05) is 39.0 Å². The molecule has 0 aliphatic heterocycles. The largest absolute Gasteiger partial charge is 0.493 e. The highest BCUT2D eigenvalue weighted by Crippen LogP contribution is 2.39. The number of thioether (sulfide) groups is 1. The van der Waals surface area contributed by atoms with Gasteiger partial charge in [-0.2, -0.15) is 0 Å². The third-order valence-corrected chi connectivity index (χ3v) is 6.16. The Labute approximate surface area is 194 Å². The zero-order valence-electron chi connectivity index (χ0n) is 17.8. The number of methoxy groups -OCH3 is 3. The molecule has 0 radical (unpaired) electrons. The normalized spacial score (nSPS) is 12.6. The molecule has 0 spiro atoms. The molecular formula is C23H24ClNO6S. The number of fused-ring (bicyclic) bond motifs is 1. The van der Waals surface area contributed by atoms with Gasteiger partial charge in [-0.05, 0) is 36.4 Å². The zero-order valence-corrected chi connectivity index (χ0v) is 19.4. The number of aliphatic hydroxyl groups excluding tert-OH is 2. The number of aromatic amines is 1. The molecule has 0 saturated heterocycles. The molecule has 0 saturated carbocycles. The smallest absolute Gasteiger partial charge is 0.203 e. The van der Waals surface area contributed by atoms with Crippen molar-refractivity contribution in [1.82, 2.24) is 4.98 Å². The molecule has 9 heteroatoms. The first-order valence-corrected chi connectivity index (χ1v) is 11.0. The molecule has 7 nitrogen and oxygen atoms in total. The maximum absolute atomic E-state index is 13.5. The maximum atomic E-state index is 13.5. The molecule has 32 heavy (non-hydrogen) atoms. The minimum absolute atomic E-state index is 0.140. The van der Waals surface area contributed by atoms with E-state index in [0.717, 1.165) is 28.2 Å². The number of benzene rings is 2. The first-order chi connectivity index (χ1) is 15.4. The van der Waals surface area contributed by atoms with Crippen LogP contribution in [-0.2, 0) is 0 Å². The minimum Gasteiger partial charge on any atom is -0.493 e. The molecule has 0 fully saturated rings. The van der Waals surface area contributed by atoms with Crippen LogP contribution in [0.2, 0.25) is 5.02 Å². The minimum atomic E-state index is -0.964. The van der Waals surface area contributed by atoms with Crippen molar-refractivity contribution in [2.45, 2.75) is 6.10 Å². The van der Waals surface area contributed by atoms with E-state index in [9.17, 15) is 15.0 Å². The van der Waals surface area contributed by atoms with Crippen molar-refractivity contribution in [2.75, 3.05) is 33.7 Å². The maximum Gasteiger partial charge on any atom is 0.203 e. The third-order valence-electron chi connectivity index (χ3n) is 4.76. The van der Waals surface area contributed by atoms with Gasteiger partial charge >= 0.3 is 0 Å². The summed E-state index contributed by atoms with van der Waals surface area (Å²) in [5, 5.41) is 20.5. The van der Waals surface area contributed by atoms with Crippen molar-refractivity contribution in [3.8, 4) is 17.2 Å². The molecule has 0 amide bonds.